The predicted octanol–water partition coefficient (Wildman–Crippen LogP) is 4.66. The summed E-state index contributed by atoms with van der Waals surface area (Å²) < 4.78 is 2.31. The highest BCUT2D eigenvalue weighted by Gasteiger charge is 2.24. The van der Waals surface area contributed by atoms with E-state index in [-0.39, 0.29) is 23.9 Å². The molecule has 0 saturated carbocycles. The lowest BCUT2D eigenvalue weighted by molar-refractivity contribution is -0.133. The van der Waals surface area contributed by atoms with E-state index < -0.39 is 0 Å². The quantitative estimate of drug-likeness (QED) is 0.531. The molecule has 2 amide bonds. The Morgan fingerprint density at radius 1 is 1.24 bits per heavy atom. The molecule has 1 aromatic carbocycles. The van der Waals surface area contributed by atoms with Gasteiger partial charge in [0.1, 0.15) is 11.4 Å². The Morgan fingerprint density at radius 2 is 1.94 bits per heavy atom. The molecule has 0 spiro atoms. The number of rotatable bonds is 4. The molecule has 174 valence electrons. The Labute approximate surface area is 204 Å². The zero-order chi connectivity index (χ0) is 23.9. The molecule has 1 aliphatic heterocycles. The Bertz CT molecular complexity index is 1290. The molecule has 1 atom stereocenters. The van der Waals surface area contributed by atoms with Crippen molar-refractivity contribution in [2.45, 2.75) is 47.1 Å². The van der Waals surface area contributed by atoms with Crippen molar-refractivity contribution in [3.05, 3.63) is 54.9 Å². The van der Waals surface area contributed by atoms with E-state index >= 15 is 0 Å². The third-order valence-electron chi connectivity index (χ3n) is 6.17. The van der Waals surface area contributed by atoms with Crippen LogP contribution in [0.4, 0.5) is 5.69 Å². The number of carbonyl (C=O) groups is 2. The number of hydrogen-bond donors (Lipinski definition) is 1. The molecule has 0 unspecified atom stereocenters. The monoisotopic (exact) mass is 530 g/mol. The van der Waals surface area contributed by atoms with Crippen LogP contribution in [0.1, 0.15) is 46.1 Å². The maximum Gasteiger partial charge on any atom is 0.266 e. The van der Waals surface area contributed by atoms with Gasteiger partial charge in [0.2, 0.25) is 5.91 Å². The number of nitrogens with zero attached hydrogens (tertiary/aromatic N) is 3. The minimum absolute atomic E-state index is 0.0391. The smallest absolute Gasteiger partial charge is 0.266 e. The number of aromatic nitrogens is 2. The van der Waals surface area contributed by atoms with E-state index in [1.54, 1.807) is 6.92 Å². The third kappa shape index (κ3) is 4.75. The third-order valence-corrected chi connectivity index (χ3v) is 7.83. The van der Waals surface area contributed by atoms with Crippen molar-refractivity contribution in [1.82, 2.24) is 14.5 Å². The summed E-state index contributed by atoms with van der Waals surface area (Å²) in [4.78, 5) is 46.2. The normalized spacial score (nSPS) is 16.3. The van der Waals surface area contributed by atoms with Crippen molar-refractivity contribution in [3.8, 4) is 0 Å². The lowest BCUT2D eigenvalue weighted by Gasteiger charge is -2.31. The Hall–Kier alpha value is -2.52. The van der Waals surface area contributed by atoms with Gasteiger partial charge >= 0.3 is 0 Å². The number of thiophene rings is 1. The SMILES string of the molecule is Cc1cc(Br)cc(C)c1NC(=O)c1sc2ncn(CC(=O)N3CCC[C@@H](C)C3)c(=O)c2c1C. The minimum atomic E-state index is -0.290. The molecule has 33 heavy (non-hydrogen) atoms. The molecule has 1 fully saturated rings. The topological polar surface area (TPSA) is 84.3 Å². The van der Waals surface area contributed by atoms with Gasteiger partial charge in [-0.15, -0.1) is 11.3 Å². The van der Waals surface area contributed by atoms with E-state index in [1.807, 2.05) is 30.9 Å². The first-order valence-electron chi connectivity index (χ1n) is 11.0. The summed E-state index contributed by atoms with van der Waals surface area (Å²) in [5.74, 6) is 0.128. The first-order chi connectivity index (χ1) is 15.7. The van der Waals surface area contributed by atoms with E-state index in [0.717, 1.165) is 47.2 Å². The molecule has 9 heteroatoms. The molecule has 2 aromatic heterocycles. The average molecular weight is 531 g/mol. The number of likely N-dealkylation sites (tertiary alicyclic amines) is 1. The number of hydrogen-bond acceptors (Lipinski definition) is 5. The van der Waals surface area contributed by atoms with Gasteiger partial charge in [-0.2, -0.15) is 0 Å². The summed E-state index contributed by atoms with van der Waals surface area (Å²) in [5.41, 5.74) is 2.94. The standard InChI is InChI=1S/C24H27BrN4O3S/c1-13-6-5-7-28(10-13)18(30)11-29-12-26-23-19(24(29)32)16(4)21(33-23)22(31)27-20-14(2)8-17(25)9-15(20)3/h8-9,12-13H,5-7,10-11H2,1-4H3,(H,27,31)/t13-/m1/s1. The highest BCUT2D eigenvalue weighted by molar-refractivity contribution is 9.10. The molecule has 3 heterocycles. The number of piperidine rings is 1. The summed E-state index contributed by atoms with van der Waals surface area (Å²) in [6.07, 6.45) is 3.52. The van der Waals surface area contributed by atoms with Crippen LogP contribution in [0.3, 0.4) is 0 Å². The van der Waals surface area contributed by atoms with Crippen LogP contribution in [0.15, 0.2) is 27.7 Å². The van der Waals surface area contributed by atoms with Crippen LogP contribution < -0.4 is 10.9 Å². The maximum atomic E-state index is 13.2. The van der Waals surface area contributed by atoms with E-state index in [2.05, 4.69) is 33.2 Å². The summed E-state index contributed by atoms with van der Waals surface area (Å²) in [6.45, 7) is 9.18. The first-order valence-corrected chi connectivity index (χ1v) is 12.6. The maximum absolute atomic E-state index is 13.2. The van der Waals surface area contributed by atoms with Crippen molar-refractivity contribution in [2.24, 2.45) is 5.92 Å². The largest absolute Gasteiger partial charge is 0.341 e. The lowest BCUT2D eigenvalue weighted by Crippen LogP contribution is -2.42. The van der Waals surface area contributed by atoms with Crippen LogP contribution in [0.2, 0.25) is 0 Å². The number of amides is 2. The zero-order valence-corrected chi connectivity index (χ0v) is 21.6. The van der Waals surface area contributed by atoms with Crippen molar-refractivity contribution in [2.75, 3.05) is 18.4 Å². The fourth-order valence-corrected chi connectivity index (χ4v) is 6.15. The molecule has 0 bridgehead atoms. The van der Waals surface area contributed by atoms with Crippen LogP contribution >= 0.6 is 27.3 Å². The molecule has 1 saturated heterocycles. The van der Waals surface area contributed by atoms with E-state index in [1.165, 1.54) is 22.2 Å². The van der Waals surface area contributed by atoms with Gasteiger partial charge in [0, 0.05) is 23.2 Å². The molecule has 3 aromatic rings. The van der Waals surface area contributed by atoms with Gasteiger partial charge in [0.15, 0.2) is 0 Å². The van der Waals surface area contributed by atoms with Gasteiger partial charge in [-0.05, 0) is 68.4 Å². The van der Waals surface area contributed by atoms with E-state index in [0.29, 0.717) is 26.6 Å². The van der Waals surface area contributed by atoms with Gasteiger partial charge in [-0.25, -0.2) is 4.98 Å². The molecule has 0 radical (unpaired) electrons. The van der Waals surface area contributed by atoms with Gasteiger partial charge < -0.3 is 10.2 Å². The number of halogens is 1. The fraction of sp³-hybridized carbons (Fsp3) is 0.417. The highest BCUT2D eigenvalue weighted by atomic mass is 79.9. The molecule has 7 nitrogen and oxygen atoms in total. The Balaban J connectivity index is 1.61. The minimum Gasteiger partial charge on any atom is -0.341 e. The summed E-state index contributed by atoms with van der Waals surface area (Å²) >= 11 is 4.67. The number of anilines is 1. The second-order valence-corrected chi connectivity index (χ2v) is 10.8. The molecular weight excluding hydrogens is 504 g/mol. The predicted molar refractivity (Wildman–Crippen MR) is 135 cm³/mol. The summed E-state index contributed by atoms with van der Waals surface area (Å²) in [6, 6.07) is 3.89. The second-order valence-electron chi connectivity index (χ2n) is 8.87. The first kappa shape index (κ1) is 23.6. The summed E-state index contributed by atoms with van der Waals surface area (Å²) in [5, 5.41) is 3.39. The Morgan fingerprint density at radius 3 is 2.61 bits per heavy atom. The Kier molecular flexibility index (Phi) is 6.72. The molecule has 0 aliphatic carbocycles. The molecule has 1 aliphatic rings. The van der Waals surface area contributed by atoms with Crippen molar-refractivity contribution < 1.29 is 9.59 Å². The van der Waals surface area contributed by atoms with Crippen LogP contribution in [0, 0.1) is 26.7 Å². The van der Waals surface area contributed by atoms with Crippen LogP contribution in [-0.4, -0.2) is 39.4 Å². The van der Waals surface area contributed by atoms with Crippen molar-refractivity contribution in [1.29, 1.82) is 0 Å². The highest BCUT2D eigenvalue weighted by Crippen LogP contribution is 2.30. The molecule has 4 rings (SSSR count). The number of nitrogens with one attached hydrogen (secondary N) is 1. The number of aryl methyl sites for hydroxylation is 3. The number of carbonyl (C=O) groups excluding carboxylic acids is 2. The average Bonchev–Trinajstić information content (AvgIpc) is 3.09. The van der Waals surface area contributed by atoms with Gasteiger partial charge in [-0.3, -0.25) is 19.0 Å². The van der Waals surface area contributed by atoms with Gasteiger partial charge in [0.05, 0.1) is 16.6 Å². The molecular formula is C24H27BrN4O3S. The molecule has 1 N–H and O–H groups in total. The van der Waals surface area contributed by atoms with Crippen molar-refractivity contribution >= 4 is 55.0 Å². The second kappa shape index (κ2) is 9.38. The van der Waals surface area contributed by atoms with Gasteiger partial charge in [0.25, 0.3) is 11.5 Å². The fourth-order valence-electron chi connectivity index (χ4n) is 4.43. The zero-order valence-electron chi connectivity index (χ0n) is 19.2. The van der Waals surface area contributed by atoms with Gasteiger partial charge in [-0.1, -0.05) is 22.9 Å². The number of benzene rings is 1. The van der Waals surface area contributed by atoms with Crippen molar-refractivity contribution in [3.63, 3.8) is 0 Å². The van der Waals surface area contributed by atoms with Crippen LogP contribution in [-0.2, 0) is 11.3 Å². The van der Waals surface area contributed by atoms with Crippen LogP contribution in [0.25, 0.3) is 10.2 Å². The van der Waals surface area contributed by atoms with E-state index in [4.69, 9.17) is 0 Å². The number of fused-ring (bicyclic) bond motifs is 1. The van der Waals surface area contributed by atoms with Crippen LogP contribution in [0.5, 0.6) is 0 Å². The van der Waals surface area contributed by atoms with E-state index in [9.17, 15) is 14.4 Å². The lowest BCUT2D eigenvalue weighted by atomic mass is 10.0. The summed E-state index contributed by atoms with van der Waals surface area (Å²) in [7, 11) is 0.